The third-order valence-electron chi connectivity index (χ3n) is 2.96. The van der Waals surface area contributed by atoms with Gasteiger partial charge in [-0.15, -0.1) is 5.10 Å². The van der Waals surface area contributed by atoms with Crippen LogP contribution in [0.3, 0.4) is 0 Å². The van der Waals surface area contributed by atoms with Crippen molar-refractivity contribution in [2.75, 3.05) is 0 Å². The molecule has 0 unspecified atom stereocenters. The second-order valence-corrected chi connectivity index (χ2v) is 5.36. The van der Waals surface area contributed by atoms with Gasteiger partial charge in [-0.1, -0.05) is 23.5 Å². The minimum absolute atomic E-state index is 0.245. The standard InChI is InChI=1S/C15H13N3OS/c1-18-13-4-2-3-5-14(13)20-15(18)17-16-10-11-6-8-12(19)9-7-11/h2-10,19H,1H3/b16-10+,17-15?. The van der Waals surface area contributed by atoms with Crippen LogP contribution in [0.4, 0.5) is 0 Å². The lowest BCUT2D eigenvalue weighted by atomic mass is 10.2. The Morgan fingerprint density at radius 3 is 2.60 bits per heavy atom. The lowest BCUT2D eigenvalue weighted by Crippen LogP contribution is -2.08. The van der Waals surface area contributed by atoms with Crippen molar-refractivity contribution in [2.45, 2.75) is 0 Å². The van der Waals surface area contributed by atoms with E-state index >= 15 is 0 Å². The number of fused-ring (bicyclic) bond motifs is 1. The average molecular weight is 283 g/mol. The maximum atomic E-state index is 9.21. The van der Waals surface area contributed by atoms with Crippen molar-refractivity contribution in [3.8, 4) is 5.75 Å². The van der Waals surface area contributed by atoms with Crippen LogP contribution in [-0.4, -0.2) is 15.9 Å². The molecule has 0 atom stereocenters. The van der Waals surface area contributed by atoms with E-state index in [-0.39, 0.29) is 5.75 Å². The van der Waals surface area contributed by atoms with Crippen LogP contribution in [0.5, 0.6) is 5.75 Å². The Kier molecular flexibility index (Phi) is 3.35. The Labute approximate surface area is 120 Å². The summed E-state index contributed by atoms with van der Waals surface area (Å²) in [5.74, 6) is 0.245. The first-order chi connectivity index (χ1) is 9.74. The first-order valence-corrected chi connectivity index (χ1v) is 6.96. The predicted octanol–water partition coefficient (Wildman–Crippen LogP) is 2.88. The van der Waals surface area contributed by atoms with E-state index in [1.807, 2.05) is 23.7 Å². The summed E-state index contributed by atoms with van der Waals surface area (Å²) in [5, 5.41) is 17.6. The van der Waals surface area contributed by atoms with E-state index in [4.69, 9.17) is 0 Å². The van der Waals surface area contributed by atoms with Gasteiger partial charge in [-0.25, -0.2) is 0 Å². The molecule has 0 aliphatic carbocycles. The number of hydrogen-bond acceptors (Lipinski definition) is 4. The summed E-state index contributed by atoms with van der Waals surface area (Å²) in [5.41, 5.74) is 2.05. The van der Waals surface area contributed by atoms with Crippen molar-refractivity contribution in [1.82, 2.24) is 4.57 Å². The van der Waals surface area contributed by atoms with Crippen LogP contribution in [-0.2, 0) is 7.05 Å². The minimum atomic E-state index is 0.245. The maximum absolute atomic E-state index is 9.21. The summed E-state index contributed by atoms with van der Waals surface area (Å²) in [6.07, 6.45) is 1.67. The fourth-order valence-electron chi connectivity index (χ4n) is 1.88. The summed E-state index contributed by atoms with van der Waals surface area (Å²) in [6.45, 7) is 0. The quantitative estimate of drug-likeness (QED) is 0.570. The van der Waals surface area contributed by atoms with E-state index in [0.29, 0.717) is 0 Å². The van der Waals surface area contributed by atoms with Gasteiger partial charge < -0.3 is 9.67 Å². The van der Waals surface area contributed by atoms with Gasteiger partial charge in [-0.2, -0.15) is 5.10 Å². The van der Waals surface area contributed by atoms with E-state index < -0.39 is 0 Å². The zero-order chi connectivity index (χ0) is 13.9. The molecule has 3 rings (SSSR count). The SMILES string of the molecule is Cn1c(=N/N=C/c2ccc(O)cc2)sc2ccccc21. The fourth-order valence-corrected chi connectivity index (χ4v) is 2.86. The van der Waals surface area contributed by atoms with E-state index in [2.05, 4.69) is 22.3 Å². The zero-order valence-corrected chi connectivity index (χ0v) is 11.7. The van der Waals surface area contributed by atoms with Gasteiger partial charge >= 0.3 is 0 Å². The molecule has 0 amide bonds. The van der Waals surface area contributed by atoms with Crippen molar-refractivity contribution >= 4 is 27.8 Å². The Bertz CT molecular complexity index is 828. The molecule has 100 valence electrons. The Hall–Kier alpha value is -2.40. The summed E-state index contributed by atoms with van der Waals surface area (Å²) in [7, 11) is 1.98. The predicted molar refractivity (Wildman–Crippen MR) is 82.1 cm³/mol. The number of thiazole rings is 1. The number of rotatable bonds is 2. The zero-order valence-electron chi connectivity index (χ0n) is 10.9. The monoisotopic (exact) mass is 283 g/mol. The van der Waals surface area contributed by atoms with Crippen LogP contribution in [0.2, 0.25) is 0 Å². The van der Waals surface area contributed by atoms with Crippen molar-refractivity contribution in [3.63, 3.8) is 0 Å². The van der Waals surface area contributed by atoms with Gasteiger partial charge in [-0.05, 0) is 42.0 Å². The van der Waals surface area contributed by atoms with E-state index in [9.17, 15) is 5.11 Å². The van der Waals surface area contributed by atoms with E-state index in [0.717, 1.165) is 15.9 Å². The molecule has 1 aromatic heterocycles. The molecule has 1 heterocycles. The Morgan fingerprint density at radius 2 is 1.85 bits per heavy atom. The molecule has 0 saturated heterocycles. The first-order valence-electron chi connectivity index (χ1n) is 6.15. The summed E-state index contributed by atoms with van der Waals surface area (Å²) >= 11 is 1.60. The number of phenols is 1. The molecule has 4 nitrogen and oxygen atoms in total. The highest BCUT2D eigenvalue weighted by Gasteiger charge is 2.00. The van der Waals surface area contributed by atoms with E-state index in [1.165, 1.54) is 4.70 Å². The number of benzene rings is 2. The molecule has 3 aromatic rings. The number of phenolic OH excluding ortho intramolecular Hbond substituents is 1. The molecular weight excluding hydrogens is 270 g/mol. The molecule has 0 fully saturated rings. The Morgan fingerprint density at radius 1 is 1.10 bits per heavy atom. The van der Waals surface area contributed by atoms with Crippen molar-refractivity contribution < 1.29 is 5.11 Å². The van der Waals surface area contributed by atoms with Crippen LogP contribution < -0.4 is 4.80 Å². The highest BCUT2D eigenvalue weighted by atomic mass is 32.1. The summed E-state index contributed by atoms with van der Waals surface area (Å²) in [6, 6.07) is 15.0. The number of aromatic nitrogens is 1. The number of hydrogen-bond donors (Lipinski definition) is 1. The Balaban J connectivity index is 1.94. The lowest BCUT2D eigenvalue weighted by Gasteiger charge is -1.93. The molecular formula is C15H13N3OS. The summed E-state index contributed by atoms with van der Waals surface area (Å²) < 4.78 is 3.21. The van der Waals surface area contributed by atoms with Crippen molar-refractivity contribution in [3.05, 3.63) is 58.9 Å². The molecule has 0 aliphatic heterocycles. The molecule has 1 N–H and O–H groups in total. The number of aryl methyl sites for hydroxylation is 1. The molecule has 2 aromatic carbocycles. The third kappa shape index (κ3) is 2.48. The van der Waals surface area contributed by atoms with Gasteiger partial charge in [-0.3, -0.25) is 0 Å². The molecule has 20 heavy (non-hydrogen) atoms. The first kappa shape index (κ1) is 12.6. The summed E-state index contributed by atoms with van der Waals surface area (Å²) in [4.78, 5) is 0.848. The van der Waals surface area contributed by atoms with Crippen LogP contribution >= 0.6 is 11.3 Å². The van der Waals surface area contributed by atoms with Gasteiger partial charge in [0, 0.05) is 7.05 Å². The second kappa shape index (κ2) is 5.30. The molecule has 0 radical (unpaired) electrons. The van der Waals surface area contributed by atoms with Crippen LogP contribution in [0.15, 0.2) is 58.7 Å². The average Bonchev–Trinajstić information content (AvgIpc) is 2.78. The van der Waals surface area contributed by atoms with E-state index in [1.54, 1.807) is 41.8 Å². The molecule has 0 aliphatic rings. The number of nitrogens with zero attached hydrogens (tertiary/aromatic N) is 3. The molecule has 0 spiro atoms. The third-order valence-corrected chi connectivity index (χ3v) is 4.06. The molecule has 0 bridgehead atoms. The highest BCUT2D eigenvalue weighted by Crippen LogP contribution is 2.15. The topological polar surface area (TPSA) is 49.9 Å². The second-order valence-electron chi connectivity index (χ2n) is 4.35. The molecule has 0 saturated carbocycles. The van der Waals surface area contributed by atoms with Crippen molar-refractivity contribution in [1.29, 1.82) is 0 Å². The smallest absolute Gasteiger partial charge is 0.211 e. The normalized spacial score (nSPS) is 12.6. The van der Waals surface area contributed by atoms with Gasteiger partial charge in [0.2, 0.25) is 4.80 Å². The minimum Gasteiger partial charge on any atom is -0.508 e. The fraction of sp³-hybridized carbons (Fsp3) is 0.0667. The van der Waals surface area contributed by atoms with Crippen LogP contribution in [0.25, 0.3) is 10.2 Å². The number of aromatic hydroxyl groups is 1. The van der Waals surface area contributed by atoms with Gasteiger partial charge in [0.1, 0.15) is 5.75 Å². The maximum Gasteiger partial charge on any atom is 0.211 e. The molecule has 5 heteroatoms. The number of para-hydroxylation sites is 1. The van der Waals surface area contributed by atoms with Gasteiger partial charge in [0.15, 0.2) is 0 Å². The largest absolute Gasteiger partial charge is 0.508 e. The lowest BCUT2D eigenvalue weighted by molar-refractivity contribution is 0.475. The van der Waals surface area contributed by atoms with Crippen molar-refractivity contribution in [2.24, 2.45) is 17.3 Å². The van der Waals surface area contributed by atoms with Crippen LogP contribution in [0.1, 0.15) is 5.56 Å². The van der Waals surface area contributed by atoms with Gasteiger partial charge in [0.25, 0.3) is 0 Å². The highest BCUT2D eigenvalue weighted by molar-refractivity contribution is 7.16. The van der Waals surface area contributed by atoms with Crippen LogP contribution in [0, 0.1) is 0 Å². The van der Waals surface area contributed by atoms with Gasteiger partial charge in [0.05, 0.1) is 16.4 Å².